The molecule has 0 aliphatic carbocycles. The average molecular weight is 255 g/mol. The first kappa shape index (κ1) is 15.0. The summed E-state index contributed by atoms with van der Waals surface area (Å²) in [6.07, 6.45) is 1.51. The summed E-state index contributed by atoms with van der Waals surface area (Å²) in [5, 5.41) is 4.72. The van der Waals surface area contributed by atoms with E-state index in [2.05, 4.69) is 10.0 Å². The van der Waals surface area contributed by atoms with E-state index < -0.39 is 0 Å². The second-order valence-corrected chi connectivity index (χ2v) is 4.46. The van der Waals surface area contributed by atoms with E-state index in [-0.39, 0.29) is 5.97 Å². The van der Waals surface area contributed by atoms with Crippen LogP contribution in [0.5, 0.6) is 0 Å². The highest BCUT2D eigenvalue weighted by atomic mass is 16.5. The zero-order chi connectivity index (χ0) is 13.5. The molecule has 0 amide bonds. The van der Waals surface area contributed by atoms with Crippen molar-refractivity contribution < 1.29 is 9.53 Å². The smallest absolute Gasteiger partial charge is 0.332 e. The summed E-state index contributed by atoms with van der Waals surface area (Å²) >= 11 is 0. The summed E-state index contributed by atoms with van der Waals surface area (Å²) in [5.41, 5.74) is 0.927. The third-order valence-electron chi connectivity index (χ3n) is 3.32. The van der Waals surface area contributed by atoms with Crippen molar-refractivity contribution in [2.24, 2.45) is 0 Å². The molecule has 104 valence electrons. The summed E-state index contributed by atoms with van der Waals surface area (Å²) in [5.74, 6) is -0.268. The van der Waals surface area contributed by atoms with E-state index in [1.165, 1.54) is 32.3 Å². The first-order valence-electron chi connectivity index (χ1n) is 6.64. The maximum absolute atomic E-state index is 10.9. The number of piperazine rings is 1. The molecule has 5 heteroatoms. The van der Waals surface area contributed by atoms with Gasteiger partial charge in [0.15, 0.2) is 0 Å². The minimum atomic E-state index is -0.268. The van der Waals surface area contributed by atoms with Crippen LogP contribution in [0.15, 0.2) is 11.8 Å². The molecule has 18 heavy (non-hydrogen) atoms. The number of ether oxygens (including phenoxy) is 1. The van der Waals surface area contributed by atoms with Crippen LogP contribution in [-0.2, 0) is 9.53 Å². The van der Waals surface area contributed by atoms with Gasteiger partial charge in [-0.15, -0.1) is 0 Å². The number of nitrogens with zero attached hydrogens (tertiary/aromatic N) is 3. The number of hydrazine groups is 1. The Kier molecular flexibility index (Phi) is 6.15. The molecule has 2 fully saturated rings. The van der Waals surface area contributed by atoms with Gasteiger partial charge in [0, 0.05) is 51.5 Å². The largest absolute Gasteiger partial charge is 0.463 e. The van der Waals surface area contributed by atoms with E-state index in [0.717, 1.165) is 12.2 Å². The van der Waals surface area contributed by atoms with Gasteiger partial charge >= 0.3 is 5.97 Å². The number of carbonyl (C=O) groups excluding carboxylic acids is 1. The molecule has 0 saturated carbocycles. The lowest BCUT2D eigenvalue weighted by atomic mass is 10.3. The van der Waals surface area contributed by atoms with E-state index in [9.17, 15) is 4.79 Å². The van der Waals surface area contributed by atoms with Gasteiger partial charge in [0.1, 0.15) is 0 Å². The van der Waals surface area contributed by atoms with E-state index >= 15 is 0 Å². The predicted molar refractivity (Wildman–Crippen MR) is 71.8 cm³/mol. The lowest BCUT2D eigenvalue weighted by Crippen LogP contribution is -2.68. The third-order valence-corrected chi connectivity index (χ3v) is 3.32. The quantitative estimate of drug-likeness (QED) is 0.552. The van der Waals surface area contributed by atoms with Gasteiger partial charge in [0.2, 0.25) is 0 Å². The number of allylic oxidation sites excluding steroid dienone is 1. The minimum Gasteiger partial charge on any atom is -0.463 e. The number of fused-ring (bicyclic) bond motifs is 1. The molecule has 2 aliphatic heterocycles. The summed E-state index contributed by atoms with van der Waals surface area (Å²) in [6, 6.07) is 0. The van der Waals surface area contributed by atoms with Crippen LogP contribution in [0, 0.1) is 0 Å². The third kappa shape index (κ3) is 4.31. The van der Waals surface area contributed by atoms with Crippen molar-refractivity contribution in [2.75, 3.05) is 46.4 Å². The molecule has 0 atom stereocenters. The molecule has 0 aromatic heterocycles. The topological polar surface area (TPSA) is 36.0 Å². The Hall–Kier alpha value is -1.07. The maximum Gasteiger partial charge on any atom is 0.332 e. The zero-order valence-corrected chi connectivity index (χ0v) is 12.0. The van der Waals surface area contributed by atoms with Crippen molar-refractivity contribution in [2.45, 2.75) is 20.8 Å². The van der Waals surface area contributed by atoms with Gasteiger partial charge in [-0.05, 0) is 20.8 Å². The highest BCUT2D eigenvalue weighted by Crippen LogP contribution is 2.16. The Balaban J connectivity index is 0.000000217. The average Bonchev–Trinajstić information content (AvgIpc) is 2.33. The van der Waals surface area contributed by atoms with E-state index in [1.54, 1.807) is 6.92 Å². The zero-order valence-electron chi connectivity index (χ0n) is 12.0. The van der Waals surface area contributed by atoms with Crippen molar-refractivity contribution in [3.63, 3.8) is 0 Å². The van der Waals surface area contributed by atoms with Gasteiger partial charge in [-0.2, -0.15) is 0 Å². The van der Waals surface area contributed by atoms with Crippen LogP contribution in [0.25, 0.3) is 0 Å². The van der Waals surface area contributed by atoms with E-state index in [0.29, 0.717) is 6.61 Å². The van der Waals surface area contributed by atoms with Crippen molar-refractivity contribution in [3.8, 4) is 0 Å². The summed E-state index contributed by atoms with van der Waals surface area (Å²) < 4.78 is 4.77. The highest BCUT2D eigenvalue weighted by Gasteiger charge is 2.32. The van der Waals surface area contributed by atoms with E-state index in [4.69, 9.17) is 4.74 Å². The lowest BCUT2D eigenvalue weighted by Gasteiger charge is -2.52. The molecular weight excluding hydrogens is 230 g/mol. The molecule has 0 aromatic rings. The SMILES string of the molecule is C1CN2CCN12.CCOC(=O)C=C(C)N(C)CC. The molecule has 0 unspecified atom stereocenters. The number of hydrogen-bond acceptors (Lipinski definition) is 5. The van der Waals surface area contributed by atoms with Crippen molar-refractivity contribution >= 4 is 5.97 Å². The summed E-state index contributed by atoms with van der Waals surface area (Å²) in [4.78, 5) is 12.9. The van der Waals surface area contributed by atoms with Gasteiger partial charge in [-0.3, -0.25) is 0 Å². The number of rotatable bonds is 4. The van der Waals surface area contributed by atoms with Gasteiger partial charge < -0.3 is 9.64 Å². The monoisotopic (exact) mass is 255 g/mol. The van der Waals surface area contributed by atoms with Crippen LogP contribution in [-0.4, -0.2) is 67.3 Å². The van der Waals surface area contributed by atoms with Crippen LogP contribution in [0.2, 0.25) is 0 Å². The molecule has 2 rings (SSSR count). The highest BCUT2D eigenvalue weighted by molar-refractivity contribution is 5.82. The fourth-order valence-electron chi connectivity index (χ4n) is 1.70. The Bertz CT molecular complexity index is 287. The molecule has 0 radical (unpaired) electrons. The second-order valence-electron chi connectivity index (χ2n) is 4.46. The molecular formula is C13H25N3O2. The molecule has 2 saturated heterocycles. The molecule has 5 nitrogen and oxygen atoms in total. The van der Waals surface area contributed by atoms with Gasteiger partial charge in [0.25, 0.3) is 0 Å². The first-order valence-corrected chi connectivity index (χ1v) is 6.64. The van der Waals surface area contributed by atoms with Crippen molar-refractivity contribution in [3.05, 3.63) is 11.8 Å². The maximum atomic E-state index is 10.9. The standard InChI is InChI=1S/C9H17NO2.C4H8N2/c1-5-10(4)8(3)7-9(11)12-6-2;1-2-6-4-3-5(1)6/h7H,5-6H2,1-4H3;1-4H2. The first-order chi connectivity index (χ1) is 8.58. The second kappa shape index (κ2) is 7.38. The van der Waals surface area contributed by atoms with Gasteiger partial charge in [0.05, 0.1) is 6.61 Å². The van der Waals surface area contributed by atoms with Crippen LogP contribution >= 0.6 is 0 Å². The Labute approximate surface area is 110 Å². The van der Waals surface area contributed by atoms with Crippen LogP contribution < -0.4 is 0 Å². The van der Waals surface area contributed by atoms with Crippen LogP contribution in [0.3, 0.4) is 0 Å². The van der Waals surface area contributed by atoms with Gasteiger partial charge in [-0.25, -0.2) is 14.8 Å². The number of esters is 1. The Morgan fingerprint density at radius 3 is 2.00 bits per heavy atom. The van der Waals surface area contributed by atoms with Crippen LogP contribution in [0.1, 0.15) is 20.8 Å². The van der Waals surface area contributed by atoms with Crippen molar-refractivity contribution in [1.29, 1.82) is 0 Å². The molecule has 0 spiro atoms. The summed E-state index contributed by atoms with van der Waals surface area (Å²) in [7, 11) is 1.94. The van der Waals surface area contributed by atoms with E-state index in [1.807, 2.05) is 25.8 Å². The molecule has 0 aromatic carbocycles. The fourth-order valence-corrected chi connectivity index (χ4v) is 1.70. The number of hydrogen-bond donors (Lipinski definition) is 0. The Morgan fingerprint density at radius 2 is 1.72 bits per heavy atom. The number of carbonyl (C=O) groups is 1. The normalized spacial score (nSPS) is 18.8. The molecule has 2 heterocycles. The molecule has 0 N–H and O–H groups in total. The van der Waals surface area contributed by atoms with Crippen LogP contribution in [0.4, 0.5) is 0 Å². The molecule has 2 aliphatic rings. The Morgan fingerprint density at radius 1 is 1.22 bits per heavy atom. The summed E-state index contributed by atoms with van der Waals surface area (Å²) in [6.45, 7) is 12.3. The van der Waals surface area contributed by atoms with Gasteiger partial charge in [-0.1, -0.05) is 0 Å². The molecule has 0 bridgehead atoms. The fraction of sp³-hybridized carbons (Fsp3) is 0.769. The predicted octanol–water partition coefficient (Wildman–Crippen LogP) is 0.938. The lowest BCUT2D eigenvalue weighted by molar-refractivity contribution is -0.189. The minimum absolute atomic E-state index is 0.268. The van der Waals surface area contributed by atoms with Crippen molar-refractivity contribution in [1.82, 2.24) is 14.9 Å².